The Morgan fingerprint density at radius 3 is 2.63 bits per heavy atom. The van der Waals surface area contributed by atoms with Crippen LogP contribution < -0.4 is 4.74 Å². The summed E-state index contributed by atoms with van der Waals surface area (Å²) in [5, 5.41) is 0.903. The van der Waals surface area contributed by atoms with Gasteiger partial charge in [-0.3, -0.25) is 4.79 Å². The van der Waals surface area contributed by atoms with Crippen LogP contribution in [0.3, 0.4) is 0 Å². The summed E-state index contributed by atoms with van der Waals surface area (Å²) in [4.78, 5) is 44.1. The molecule has 2 aromatic carbocycles. The lowest BCUT2D eigenvalue weighted by Gasteiger charge is -2.33. The van der Waals surface area contributed by atoms with Crippen molar-refractivity contribution in [3.05, 3.63) is 82.9 Å². The van der Waals surface area contributed by atoms with Crippen LogP contribution in [0.1, 0.15) is 61.3 Å². The number of benzene rings is 2. The Hall–Kier alpha value is -4.37. The molecule has 0 radical (unpaired) electrons. The number of nitrogens with one attached hydrogen (secondary N) is 2. The van der Waals surface area contributed by atoms with Crippen LogP contribution in [0.25, 0.3) is 22.1 Å². The van der Waals surface area contributed by atoms with Gasteiger partial charge in [-0.1, -0.05) is 29.8 Å². The SMILES string of the molecule is CC(C)(C)OC(=O)N1CCCC(c2nc3c(cnc4[nH]cc(C(=O)c5ccc(Oc6ccccc6)cc5Cl)c43)[nH]2)C1. The topological polar surface area (TPSA) is 113 Å². The maximum Gasteiger partial charge on any atom is 0.410 e. The Kier molecular flexibility index (Phi) is 6.91. The Morgan fingerprint density at radius 1 is 1.07 bits per heavy atom. The third kappa shape index (κ3) is 5.50. The highest BCUT2D eigenvalue weighted by Crippen LogP contribution is 2.33. The van der Waals surface area contributed by atoms with E-state index in [-0.39, 0.29) is 22.8 Å². The molecule has 5 aromatic rings. The van der Waals surface area contributed by atoms with Crippen LogP contribution in [0.2, 0.25) is 5.02 Å². The number of amides is 1. The summed E-state index contributed by atoms with van der Waals surface area (Å²) in [6.07, 6.45) is 4.74. The molecule has 10 heteroatoms. The van der Waals surface area contributed by atoms with Gasteiger partial charge in [0, 0.05) is 36.8 Å². The van der Waals surface area contributed by atoms with E-state index in [1.807, 2.05) is 51.1 Å². The zero-order chi connectivity index (χ0) is 28.7. The van der Waals surface area contributed by atoms with Crippen LogP contribution >= 0.6 is 11.6 Å². The van der Waals surface area contributed by atoms with Crippen LogP contribution in [0.15, 0.2) is 60.9 Å². The number of aromatic nitrogens is 4. The molecule has 0 bridgehead atoms. The number of halogens is 1. The van der Waals surface area contributed by atoms with Crippen LogP contribution in [-0.4, -0.2) is 55.4 Å². The minimum atomic E-state index is -0.560. The minimum Gasteiger partial charge on any atom is -0.457 e. The third-order valence-electron chi connectivity index (χ3n) is 7.04. The molecular formula is C31H30ClN5O4. The van der Waals surface area contributed by atoms with Gasteiger partial charge in [-0.15, -0.1) is 0 Å². The summed E-state index contributed by atoms with van der Waals surface area (Å²) in [5.74, 6) is 1.71. The first-order valence-corrected chi connectivity index (χ1v) is 13.9. The zero-order valence-corrected chi connectivity index (χ0v) is 23.8. The molecule has 0 saturated carbocycles. The van der Waals surface area contributed by atoms with Crippen molar-refractivity contribution < 1.29 is 19.1 Å². The van der Waals surface area contributed by atoms with Gasteiger partial charge in [0.15, 0.2) is 5.78 Å². The molecule has 3 aromatic heterocycles. The van der Waals surface area contributed by atoms with Crippen molar-refractivity contribution in [2.45, 2.75) is 45.1 Å². The fourth-order valence-corrected chi connectivity index (χ4v) is 5.41. The molecule has 9 nitrogen and oxygen atoms in total. The lowest BCUT2D eigenvalue weighted by atomic mass is 9.98. The molecule has 4 heterocycles. The second-order valence-corrected chi connectivity index (χ2v) is 11.6. The molecule has 1 fully saturated rings. The predicted octanol–water partition coefficient (Wildman–Crippen LogP) is 7.23. The van der Waals surface area contributed by atoms with Crippen LogP contribution in [0.4, 0.5) is 4.79 Å². The summed E-state index contributed by atoms with van der Waals surface area (Å²) in [5.41, 5.74) is 2.13. The van der Waals surface area contributed by atoms with Crippen LogP contribution in [0, 0.1) is 0 Å². The Morgan fingerprint density at radius 2 is 1.88 bits per heavy atom. The summed E-state index contributed by atoms with van der Waals surface area (Å²) < 4.78 is 11.4. The van der Waals surface area contributed by atoms with Crippen molar-refractivity contribution in [3.8, 4) is 11.5 Å². The first-order chi connectivity index (χ1) is 19.7. The minimum absolute atomic E-state index is 0.00316. The molecular weight excluding hydrogens is 542 g/mol. The second-order valence-electron chi connectivity index (χ2n) is 11.2. The number of H-pyrrole nitrogens is 2. The number of ether oxygens (including phenoxy) is 2. The second kappa shape index (κ2) is 10.6. The quantitative estimate of drug-likeness (QED) is 0.215. The molecule has 1 aliphatic rings. The molecule has 2 N–H and O–H groups in total. The van der Waals surface area contributed by atoms with Crippen molar-refractivity contribution in [1.29, 1.82) is 0 Å². The van der Waals surface area contributed by atoms with Gasteiger partial charge in [0.1, 0.15) is 34.1 Å². The number of carbonyl (C=O) groups is 2. The van der Waals surface area contributed by atoms with Crippen molar-refractivity contribution in [2.24, 2.45) is 0 Å². The Balaban J connectivity index is 1.29. The largest absolute Gasteiger partial charge is 0.457 e. The molecule has 1 atom stereocenters. The standard InChI is InChI=1S/C31H30ClN5O4/c1-31(2,3)41-30(39)37-13-7-8-18(17-37)28-35-24-16-34-29-25(26(24)36-28)22(15-33-29)27(38)21-12-11-20(14-23(21)32)40-19-9-5-4-6-10-19/h4-6,9-12,14-16,18H,7-8,13,17H2,1-3H3,(H,33,34)(H,35,36). The molecule has 6 rings (SSSR count). The van der Waals surface area contributed by atoms with Gasteiger partial charge in [-0.2, -0.15) is 0 Å². The molecule has 0 spiro atoms. The highest BCUT2D eigenvalue weighted by Gasteiger charge is 2.30. The van der Waals surface area contributed by atoms with E-state index in [4.69, 9.17) is 26.1 Å². The Labute approximate surface area is 241 Å². The average molecular weight is 572 g/mol. The molecule has 1 saturated heterocycles. The molecule has 1 unspecified atom stereocenters. The first kappa shape index (κ1) is 26.8. The highest BCUT2D eigenvalue weighted by molar-refractivity contribution is 6.36. The molecule has 1 aliphatic heterocycles. The van der Waals surface area contributed by atoms with E-state index in [9.17, 15) is 9.59 Å². The lowest BCUT2D eigenvalue weighted by Crippen LogP contribution is -2.42. The number of carbonyl (C=O) groups excluding carboxylic acids is 2. The summed E-state index contributed by atoms with van der Waals surface area (Å²) in [7, 11) is 0. The van der Waals surface area contributed by atoms with Gasteiger partial charge in [-0.25, -0.2) is 14.8 Å². The van der Waals surface area contributed by atoms with E-state index in [0.717, 1.165) is 18.7 Å². The molecule has 1 amide bonds. The maximum atomic E-state index is 13.7. The number of aromatic amines is 2. The molecule has 0 aliphatic carbocycles. The van der Waals surface area contributed by atoms with Crippen LogP contribution in [0.5, 0.6) is 11.5 Å². The maximum absolute atomic E-state index is 13.7. The summed E-state index contributed by atoms with van der Waals surface area (Å²) >= 11 is 6.57. The van der Waals surface area contributed by atoms with E-state index >= 15 is 0 Å². The average Bonchev–Trinajstić information content (AvgIpc) is 3.57. The number of pyridine rings is 1. The smallest absolute Gasteiger partial charge is 0.410 e. The number of hydrogen-bond donors (Lipinski definition) is 2. The Bertz CT molecular complexity index is 1760. The van der Waals surface area contributed by atoms with E-state index < -0.39 is 5.60 Å². The highest BCUT2D eigenvalue weighted by atomic mass is 35.5. The van der Waals surface area contributed by atoms with E-state index in [2.05, 4.69) is 15.0 Å². The molecule has 41 heavy (non-hydrogen) atoms. The van der Waals surface area contributed by atoms with Gasteiger partial charge in [0.2, 0.25) is 0 Å². The van der Waals surface area contributed by atoms with E-state index in [1.54, 1.807) is 35.5 Å². The third-order valence-corrected chi connectivity index (χ3v) is 7.35. The number of imidazole rings is 1. The number of rotatable bonds is 5. The fraction of sp³-hybridized carbons (Fsp3) is 0.290. The van der Waals surface area contributed by atoms with Gasteiger partial charge in [-0.05, 0) is 57.9 Å². The van der Waals surface area contributed by atoms with Gasteiger partial charge >= 0.3 is 6.09 Å². The van der Waals surface area contributed by atoms with Crippen molar-refractivity contribution in [3.63, 3.8) is 0 Å². The lowest BCUT2D eigenvalue weighted by molar-refractivity contribution is 0.0196. The number of fused-ring (bicyclic) bond motifs is 3. The number of hydrogen-bond acceptors (Lipinski definition) is 6. The fourth-order valence-electron chi connectivity index (χ4n) is 5.15. The first-order valence-electron chi connectivity index (χ1n) is 13.6. The number of piperidine rings is 1. The normalized spacial score (nSPS) is 15.8. The number of ketones is 1. The van der Waals surface area contributed by atoms with Crippen molar-refractivity contribution >= 4 is 45.5 Å². The van der Waals surface area contributed by atoms with Crippen LogP contribution in [-0.2, 0) is 4.74 Å². The number of nitrogens with zero attached hydrogens (tertiary/aromatic N) is 3. The molecule has 210 valence electrons. The van der Waals surface area contributed by atoms with Gasteiger partial charge in [0.05, 0.1) is 27.7 Å². The van der Waals surface area contributed by atoms with Gasteiger partial charge in [0.25, 0.3) is 0 Å². The van der Waals surface area contributed by atoms with E-state index in [1.165, 1.54) is 0 Å². The van der Waals surface area contributed by atoms with E-state index in [0.29, 0.717) is 57.8 Å². The van der Waals surface area contributed by atoms with Crippen molar-refractivity contribution in [1.82, 2.24) is 24.8 Å². The number of likely N-dealkylation sites (tertiary alicyclic amines) is 1. The summed E-state index contributed by atoms with van der Waals surface area (Å²) in [6.45, 7) is 6.72. The predicted molar refractivity (Wildman–Crippen MR) is 157 cm³/mol. The zero-order valence-electron chi connectivity index (χ0n) is 23.0. The number of para-hydroxylation sites is 1. The van der Waals surface area contributed by atoms with Crippen molar-refractivity contribution in [2.75, 3.05) is 13.1 Å². The van der Waals surface area contributed by atoms with Gasteiger partial charge < -0.3 is 24.3 Å². The summed E-state index contributed by atoms with van der Waals surface area (Å²) in [6, 6.07) is 14.4. The monoisotopic (exact) mass is 571 g/mol.